The van der Waals surface area contributed by atoms with E-state index < -0.39 is 5.91 Å². The molecule has 0 atom stereocenters. The lowest BCUT2D eigenvalue weighted by Gasteiger charge is -2.11. The average molecular weight is 303 g/mol. The van der Waals surface area contributed by atoms with Crippen LogP contribution in [0.1, 0.15) is 30.0 Å². The molecule has 22 heavy (non-hydrogen) atoms. The third-order valence-electron chi connectivity index (χ3n) is 2.55. The molecule has 116 valence electrons. The summed E-state index contributed by atoms with van der Waals surface area (Å²) < 4.78 is 10.6. The van der Waals surface area contributed by atoms with Crippen LogP contribution in [0.4, 0.5) is 5.69 Å². The van der Waals surface area contributed by atoms with Gasteiger partial charge in [0.2, 0.25) is 5.88 Å². The lowest BCUT2D eigenvalue weighted by Crippen LogP contribution is -2.16. The molecule has 0 aliphatic carbocycles. The molecule has 1 N–H and O–H groups in total. The van der Waals surface area contributed by atoms with Crippen LogP contribution in [-0.2, 0) is 0 Å². The van der Waals surface area contributed by atoms with E-state index in [4.69, 9.17) is 9.47 Å². The molecule has 0 aliphatic rings. The molecule has 0 saturated heterocycles. The first-order valence-electron chi connectivity index (χ1n) is 6.86. The van der Waals surface area contributed by atoms with Gasteiger partial charge < -0.3 is 14.8 Å². The summed E-state index contributed by atoms with van der Waals surface area (Å²) in [6.07, 6.45) is 4.36. The third-order valence-corrected chi connectivity index (χ3v) is 2.55. The Balaban J connectivity index is 2.20. The minimum Gasteiger partial charge on any atom is -0.476 e. The van der Waals surface area contributed by atoms with Gasteiger partial charge in [0, 0.05) is 6.20 Å². The van der Waals surface area contributed by atoms with Gasteiger partial charge in [-0.15, -0.1) is 0 Å². The zero-order valence-electron chi connectivity index (χ0n) is 12.7. The monoisotopic (exact) mass is 303 g/mol. The van der Waals surface area contributed by atoms with Gasteiger partial charge in [0.15, 0.2) is 0 Å². The van der Waals surface area contributed by atoms with Gasteiger partial charge in [-0.1, -0.05) is 0 Å². The number of aryl methyl sites for hydroxylation is 1. The number of nitrogens with zero attached hydrogens (tertiary/aromatic N) is 4. The molecule has 0 fully saturated rings. The zero-order valence-corrected chi connectivity index (χ0v) is 12.7. The van der Waals surface area contributed by atoms with Crippen molar-refractivity contribution in [2.24, 2.45) is 0 Å². The van der Waals surface area contributed by atoms with Crippen molar-refractivity contribution in [2.75, 3.05) is 18.5 Å². The lowest BCUT2D eigenvalue weighted by atomic mass is 10.3. The number of aromatic nitrogens is 4. The van der Waals surface area contributed by atoms with Crippen molar-refractivity contribution in [3.05, 3.63) is 30.0 Å². The van der Waals surface area contributed by atoms with Crippen LogP contribution in [0.2, 0.25) is 0 Å². The van der Waals surface area contributed by atoms with Crippen molar-refractivity contribution in [3.63, 3.8) is 0 Å². The average Bonchev–Trinajstić information content (AvgIpc) is 2.51. The topological polar surface area (TPSA) is 99.1 Å². The first kappa shape index (κ1) is 15.6. The molecule has 8 nitrogen and oxygen atoms in total. The molecule has 0 aliphatic heterocycles. The molecule has 0 bridgehead atoms. The second kappa shape index (κ2) is 7.30. The first-order valence-corrected chi connectivity index (χ1v) is 6.86. The summed E-state index contributed by atoms with van der Waals surface area (Å²) in [5.41, 5.74) is 1.27. The molecule has 2 aromatic heterocycles. The maximum Gasteiger partial charge on any atom is 0.319 e. The van der Waals surface area contributed by atoms with Gasteiger partial charge in [-0.25, -0.2) is 9.97 Å². The Kier molecular flexibility index (Phi) is 5.18. The number of rotatable bonds is 6. The maximum atomic E-state index is 12.1. The van der Waals surface area contributed by atoms with Crippen molar-refractivity contribution >= 4 is 11.6 Å². The van der Waals surface area contributed by atoms with Crippen LogP contribution in [0.25, 0.3) is 0 Å². The standard InChI is InChI=1S/C14H17N5O3/c1-4-21-13-11(8-17-14(19-13)22-5-2)18-12(20)10-7-15-9(3)6-16-10/h6-8H,4-5H2,1-3H3,(H,18,20). The van der Waals surface area contributed by atoms with Crippen LogP contribution in [0.3, 0.4) is 0 Å². The van der Waals surface area contributed by atoms with Gasteiger partial charge in [-0.2, -0.15) is 4.98 Å². The van der Waals surface area contributed by atoms with Gasteiger partial charge >= 0.3 is 6.01 Å². The third kappa shape index (κ3) is 3.87. The van der Waals surface area contributed by atoms with E-state index in [-0.39, 0.29) is 17.6 Å². The fourth-order valence-corrected chi connectivity index (χ4v) is 1.58. The normalized spacial score (nSPS) is 10.1. The highest BCUT2D eigenvalue weighted by atomic mass is 16.5. The van der Waals surface area contributed by atoms with E-state index in [0.29, 0.717) is 18.9 Å². The molecule has 0 radical (unpaired) electrons. The van der Waals surface area contributed by atoms with Crippen LogP contribution in [0.15, 0.2) is 18.6 Å². The van der Waals surface area contributed by atoms with E-state index in [9.17, 15) is 4.79 Å². The summed E-state index contributed by atoms with van der Waals surface area (Å²) in [4.78, 5) is 28.3. The molecule has 0 aromatic carbocycles. The molecule has 2 aromatic rings. The number of anilines is 1. The summed E-state index contributed by atoms with van der Waals surface area (Å²) in [5.74, 6) is -0.171. The van der Waals surface area contributed by atoms with Gasteiger partial charge in [0.25, 0.3) is 5.91 Å². The first-order chi connectivity index (χ1) is 10.6. The predicted molar refractivity (Wildman–Crippen MR) is 79.1 cm³/mol. The minimum absolute atomic E-state index is 0.194. The Morgan fingerprint density at radius 1 is 1.09 bits per heavy atom. The van der Waals surface area contributed by atoms with Crippen LogP contribution < -0.4 is 14.8 Å². The van der Waals surface area contributed by atoms with Crippen LogP contribution in [0, 0.1) is 6.92 Å². The van der Waals surface area contributed by atoms with E-state index in [1.54, 1.807) is 6.92 Å². The fourth-order valence-electron chi connectivity index (χ4n) is 1.58. The van der Waals surface area contributed by atoms with E-state index in [1.807, 2.05) is 13.8 Å². The van der Waals surface area contributed by atoms with Gasteiger partial charge in [0.05, 0.1) is 31.3 Å². The fraction of sp³-hybridized carbons (Fsp3) is 0.357. The van der Waals surface area contributed by atoms with E-state index in [1.165, 1.54) is 18.6 Å². The molecule has 8 heteroatoms. The summed E-state index contributed by atoms with van der Waals surface area (Å²) in [6, 6.07) is 0.194. The second-order valence-corrected chi connectivity index (χ2v) is 4.23. The zero-order chi connectivity index (χ0) is 15.9. The number of hydrogen-bond donors (Lipinski definition) is 1. The summed E-state index contributed by atoms with van der Waals surface area (Å²) in [7, 11) is 0. The number of carbonyl (C=O) groups is 1. The number of hydrogen-bond acceptors (Lipinski definition) is 7. The molecule has 2 heterocycles. The Bertz CT molecular complexity index is 645. The van der Waals surface area contributed by atoms with Crippen LogP contribution >= 0.6 is 0 Å². The summed E-state index contributed by atoms with van der Waals surface area (Å²) in [6.45, 7) is 6.28. The summed E-state index contributed by atoms with van der Waals surface area (Å²) in [5, 5.41) is 2.65. The lowest BCUT2D eigenvalue weighted by molar-refractivity contribution is 0.102. The smallest absolute Gasteiger partial charge is 0.319 e. The second-order valence-electron chi connectivity index (χ2n) is 4.23. The molecule has 2 rings (SSSR count). The van der Waals surface area contributed by atoms with Gasteiger partial charge in [0.1, 0.15) is 11.4 Å². The van der Waals surface area contributed by atoms with Crippen molar-refractivity contribution < 1.29 is 14.3 Å². The molecule has 1 amide bonds. The molecule has 0 saturated carbocycles. The van der Waals surface area contributed by atoms with E-state index >= 15 is 0 Å². The number of amides is 1. The largest absolute Gasteiger partial charge is 0.476 e. The van der Waals surface area contributed by atoms with Crippen LogP contribution in [0.5, 0.6) is 11.9 Å². The number of ether oxygens (including phenoxy) is 2. The van der Waals surface area contributed by atoms with Gasteiger partial charge in [-0.05, 0) is 20.8 Å². The maximum absolute atomic E-state index is 12.1. The Hall–Kier alpha value is -2.77. The van der Waals surface area contributed by atoms with Crippen molar-refractivity contribution in [1.82, 2.24) is 19.9 Å². The molecule has 0 spiro atoms. The predicted octanol–water partition coefficient (Wildman–Crippen LogP) is 1.62. The van der Waals surface area contributed by atoms with E-state index in [2.05, 4.69) is 25.3 Å². The summed E-state index contributed by atoms with van der Waals surface area (Å²) >= 11 is 0. The van der Waals surface area contributed by atoms with Gasteiger partial charge in [-0.3, -0.25) is 9.78 Å². The highest BCUT2D eigenvalue weighted by Gasteiger charge is 2.14. The Labute approximate surface area is 127 Å². The molecular formula is C14H17N5O3. The Morgan fingerprint density at radius 2 is 1.86 bits per heavy atom. The number of carbonyl (C=O) groups excluding carboxylic acids is 1. The SMILES string of the molecule is CCOc1ncc(NC(=O)c2cnc(C)cn2)c(OCC)n1. The van der Waals surface area contributed by atoms with E-state index in [0.717, 1.165) is 5.69 Å². The van der Waals surface area contributed by atoms with Crippen molar-refractivity contribution in [3.8, 4) is 11.9 Å². The van der Waals surface area contributed by atoms with Crippen molar-refractivity contribution in [2.45, 2.75) is 20.8 Å². The quantitative estimate of drug-likeness (QED) is 0.865. The minimum atomic E-state index is -0.416. The highest BCUT2D eigenvalue weighted by molar-refractivity contribution is 6.03. The van der Waals surface area contributed by atoms with Crippen molar-refractivity contribution in [1.29, 1.82) is 0 Å². The molecular weight excluding hydrogens is 286 g/mol. The Morgan fingerprint density at radius 3 is 2.50 bits per heavy atom. The highest BCUT2D eigenvalue weighted by Crippen LogP contribution is 2.23. The number of nitrogens with one attached hydrogen (secondary N) is 1. The molecule has 0 unspecified atom stereocenters. The van der Waals surface area contributed by atoms with Crippen LogP contribution in [-0.4, -0.2) is 39.1 Å².